The van der Waals surface area contributed by atoms with Crippen LogP contribution >= 0.6 is 11.3 Å². The number of amides is 1. The van der Waals surface area contributed by atoms with E-state index in [1.165, 1.54) is 4.88 Å². The van der Waals surface area contributed by atoms with E-state index < -0.39 is 17.8 Å². The molecule has 2 aliphatic rings. The van der Waals surface area contributed by atoms with Gasteiger partial charge in [0.2, 0.25) is 0 Å². The van der Waals surface area contributed by atoms with Gasteiger partial charge in [-0.05, 0) is 61.9 Å². The van der Waals surface area contributed by atoms with E-state index in [0.29, 0.717) is 29.8 Å². The van der Waals surface area contributed by atoms with Crippen LogP contribution in [0.25, 0.3) is 0 Å². The van der Waals surface area contributed by atoms with Gasteiger partial charge in [-0.1, -0.05) is 12.8 Å². The predicted molar refractivity (Wildman–Crippen MR) is 119 cm³/mol. The van der Waals surface area contributed by atoms with Crippen LogP contribution in [0.3, 0.4) is 0 Å². The Morgan fingerprint density at radius 2 is 1.77 bits per heavy atom. The van der Waals surface area contributed by atoms with Crippen LogP contribution in [-0.4, -0.2) is 29.9 Å². The van der Waals surface area contributed by atoms with Crippen LogP contribution in [0, 0.1) is 11.8 Å². The van der Waals surface area contributed by atoms with Gasteiger partial charge in [0.1, 0.15) is 11.5 Å². The number of fused-ring (bicyclic) bond motifs is 1. The predicted octanol–water partition coefficient (Wildman–Crippen LogP) is 4.50. The lowest BCUT2D eigenvalue weighted by atomic mass is 9.76. The standard InChI is InChI=1S/C24H27NO5S/c1-30-15-11-9-14(10-12-15)25-23(27)22-18-7-4-8-20(18)31-21(22)13-19(26)16-5-2-3-6-17(16)24(28)29/h9-12,16-17H,2-8,13H2,1H3,(H,25,27)(H,28,29). The van der Waals surface area contributed by atoms with Crippen molar-refractivity contribution in [2.45, 2.75) is 51.4 Å². The smallest absolute Gasteiger partial charge is 0.307 e. The number of hydrogen-bond donors (Lipinski definition) is 2. The van der Waals surface area contributed by atoms with Gasteiger partial charge in [-0.15, -0.1) is 11.3 Å². The number of nitrogens with one attached hydrogen (secondary N) is 1. The Balaban J connectivity index is 1.56. The number of thiophene rings is 1. The van der Waals surface area contributed by atoms with E-state index >= 15 is 0 Å². The second-order valence-electron chi connectivity index (χ2n) is 8.32. The molecule has 31 heavy (non-hydrogen) atoms. The first-order chi connectivity index (χ1) is 15.0. The molecule has 2 atom stereocenters. The number of methoxy groups -OCH3 is 1. The van der Waals surface area contributed by atoms with Crippen molar-refractivity contribution in [1.29, 1.82) is 0 Å². The lowest BCUT2D eigenvalue weighted by Gasteiger charge is -2.27. The van der Waals surface area contributed by atoms with Gasteiger partial charge in [0.15, 0.2) is 0 Å². The zero-order valence-corrected chi connectivity index (χ0v) is 18.4. The van der Waals surface area contributed by atoms with Crippen LogP contribution in [0.1, 0.15) is 57.8 Å². The third kappa shape index (κ3) is 4.51. The molecule has 0 saturated heterocycles. The number of benzene rings is 1. The average Bonchev–Trinajstić information content (AvgIpc) is 3.35. The quantitative estimate of drug-likeness (QED) is 0.660. The number of aryl methyl sites for hydroxylation is 1. The summed E-state index contributed by atoms with van der Waals surface area (Å²) in [7, 11) is 1.59. The molecule has 7 heteroatoms. The average molecular weight is 442 g/mol. The summed E-state index contributed by atoms with van der Waals surface area (Å²) in [6, 6.07) is 7.14. The molecule has 1 saturated carbocycles. The molecular formula is C24H27NO5S. The number of Topliss-reactive ketones (excluding diaryl/α,β-unsaturated/α-hetero) is 1. The van der Waals surface area contributed by atoms with Crippen molar-refractivity contribution in [3.63, 3.8) is 0 Å². The number of carboxylic acid groups (broad SMARTS) is 1. The molecule has 1 aromatic heterocycles. The van der Waals surface area contributed by atoms with Crippen molar-refractivity contribution in [3.05, 3.63) is 45.1 Å². The summed E-state index contributed by atoms with van der Waals surface area (Å²) in [4.78, 5) is 39.9. The maximum atomic E-state index is 13.2. The fraction of sp³-hybridized carbons (Fsp3) is 0.458. The Kier molecular flexibility index (Phi) is 6.41. The molecule has 2 aromatic rings. The number of ether oxygens (including phenoxy) is 1. The maximum Gasteiger partial charge on any atom is 0.307 e. The number of hydrogen-bond acceptors (Lipinski definition) is 5. The molecule has 0 spiro atoms. The number of carbonyl (C=O) groups excluding carboxylic acids is 2. The molecule has 164 valence electrons. The topological polar surface area (TPSA) is 92.7 Å². The molecule has 2 aliphatic carbocycles. The first kappa shape index (κ1) is 21.6. The fourth-order valence-electron chi connectivity index (χ4n) is 4.82. The number of rotatable bonds is 7. The second kappa shape index (κ2) is 9.22. The minimum atomic E-state index is -0.885. The zero-order chi connectivity index (χ0) is 22.0. The van der Waals surface area contributed by atoms with Gasteiger partial charge in [0.05, 0.1) is 18.6 Å². The van der Waals surface area contributed by atoms with E-state index in [4.69, 9.17) is 4.74 Å². The lowest BCUT2D eigenvalue weighted by molar-refractivity contribution is -0.148. The lowest BCUT2D eigenvalue weighted by Crippen LogP contribution is -2.33. The molecule has 1 amide bonds. The van der Waals surface area contributed by atoms with Crippen LogP contribution in [0.5, 0.6) is 5.75 Å². The molecule has 1 fully saturated rings. The number of carbonyl (C=O) groups is 3. The minimum absolute atomic E-state index is 0.0504. The summed E-state index contributed by atoms with van der Waals surface area (Å²) in [6.45, 7) is 0. The van der Waals surface area contributed by atoms with Gasteiger partial charge in [-0.2, -0.15) is 0 Å². The first-order valence-corrected chi connectivity index (χ1v) is 11.6. The molecular weight excluding hydrogens is 414 g/mol. The highest BCUT2D eigenvalue weighted by molar-refractivity contribution is 7.12. The van der Waals surface area contributed by atoms with Crippen molar-refractivity contribution in [2.75, 3.05) is 12.4 Å². The second-order valence-corrected chi connectivity index (χ2v) is 9.51. The van der Waals surface area contributed by atoms with Gasteiger partial charge in [0.25, 0.3) is 5.91 Å². The van der Waals surface area contributed by atoms with Gasteiger partial charge in [-0.3, -0.25) is 14.4 Å². The summed E-state index contributed by atoms with van der Waals surface area (Å²) in [6.07, 6.45) is 5.82. The number of aliphatic carboxylic acids is 1. The molecule has 1 aromatic carbocycles. The summed E-state index contributed by atoms with van der Waals surface area (Å²) < 4.78 is 5.16. The van der Waals surface area contributed by atoms with Crippen molar-refractivity contribution in [1.82, 2.24) is 0 Å². The normalized spacial score (nSPS) is 20.2. The van der Waals surface area contributed by atoms with Crippen LogP contribution in [0.2, 0.25) is 0 Å². The molecule has 1 heterocycles. The molecule has 4 rings (SSSR count). The highest BCUT2D eigenvalue weighted by atomic mass is 32.1. The molecule has 0 aliphatic heterocycles. The first-order valence-electron chi connectivity index (χ1n) is 10.8. The van der Waals surface area contributed by atoms with E-state index in [-0.39, 0.29) is 18.1 Å². The van der Waals surface area contributed by atoms with E-state index in [1.54, 1.807) is 42.7 Å². The Hall–Kier alpha value is -2.67. The molecule has 0 radical (unpaired) electrons. The third-order valence-corrected chi connectivity index (χ3v) is 7.69. The molecule has 2 unspecified atom stereocenters. The number of anilines is 1. The van der Waals surface area contributed by atoms with E-state index in [2.05, 4.69) is 5.32 Å². The summed E-state index contributed by atoms with van der Waals surface area (Å²) in [5, 5.41) is 12.5. The van der Waals surface area contributed by atoms with Crippen molar-refractivity contribution >= 4 is 34.7 Å². The van der Waals surface area contributed by atoms with Crippen LogP contribution < -0.4 is 10.1 Å². The van der Waals surface area contributed by atoms with Crippen molar-refractivity contribution < 1.29 is 24.2 Å². The summed E-state index contributed by atoms with van der Waals surface area (Å²) >= 11 is 1.55. The number of ketones is 1. The highest BCUT2D eigenvalue weighted by Crippen LogP contribution is 2.38. The van der Waals surface area contributed by atoms with Gasteiger partial charge >= 0.3 is 5.97 Å². The number of carboxylic acids is 1. The zero-order valence-electron chi connectivity index (χ0n) is 17.6. The Bertz CT molecular complexity index is 994. The fourth-order valence-corrected chi connectivity index (χ4v) is 6.22. The van der Waals surface area contributed by atoms with E-state index in [1.807, 2.05) is 0 Å². The molecule has 6 nitrogen and oxygen atoms in total. The summed E-state index contributed by atoms with van der Waals surface area (Å²) in [5.41, 5.74) is 2.33. The SMILES string of the molecule is COc1ccc(NC(=O)c2c(CC(=O)C3CCCCC3C(=O)O)sc3c2CCC3)cc1. The Morgan fingerprint density at radius 3 is 2.45 bits per heavy atom. The molecule has 0 bridgehead atoms. The summed E-state index contributed by atoms with van der Waals surface area (Å²) in [5.74, 6) is -1.49. The van der Waals surface area contributed by atoms with Crippen molar-refractivity contribution in [2.24, 2.45) is 11.8 Å². The van der Waals surface area contributed by atoms with Crippen LogP contribution in [0.15, 0.2) is 24.3 Å². The Morgan fingerprint density at radius 1 is 1.06 bits per heavy atom. The minimum Gasteiger partial charge on any atom is -0.497 e. The van der Waals surface area contributed by atoms with Crippen LogP contribution in [-0.2, 0) is 28.9 Å². The van der Waals surface area contributed by atoms with Crippen molar-refractivity contribution in [3.8, 4) is 5.75 Å². The van der Waals surface area contributed by atoms with Crippen LogP contribution in [0.4, 0.5) is 5.69 Å². The van der Waals surface area contributed by atoms with E-state index in [9.17, 15) is 19.5 Å². The third-order valence-electron chi connectivity index (χ3n) is 6.40. The highest BCUT2D eigenvalue weighted by Gasteiger charge is 2.36. The van der Waals surface area contributed by atoms with Gasteiger partial charge in [0, 0.05) is 27.8 Å². The van der Waals surface area contributed by atoms with Gasteiger partial charge in [-0.25, -0.2) is 0 Å². The maximum absolute atomic E-state index is 13.2. The molecule has 2 N–H and O–H groups in total. The Labute approximate surface area is 185 Å². The van der Waals surface area contributed by atoms with E-state index in [0.717, 1.165) is 42.5 Å². The monoisotopic (exact) mass is 441 g/mol. The largest absolute Gasteiger partial charge is 0.497 e. The van der Waals surface area contributed by atoms with Gasteiger partial charge < -0.3 is 15.2 Å².